The number of piperazine rings is 1. The van der Waals surface area contributed by atoms with E-state index in [0.717, 1.165) is 0 Å². The van der Waals surface area contributed by atoms with Crippen molar-refractivity contribution in [2.45, 2.75) is 53.2 Å². The molecule has 2 N–H and O–H groups in total. The lowest BCUT2D eigenvalue weighted by Gasteiger charge is -2.35. The summed E-state index contributed by atoms with van der Waals surface area (Å²) in [5, 5.41) is 22.5. The predicted octanol–water partition coefficient (Wildman–Crippen LogP) is 7.67. The van der Waals surface area contributed by atoms with Gasteiger partial charge >= 0.3 is 12.1 Å². The fourth-order valence-corrected chi connectivity index (χ4v) is 6.22. The van der Waals surface area contributed by atoms with Gasteiger partial charge in [0.25, 0.3) is 0 Å². The number of hydrogen-bond acceptors (Lipinski definition) is 7. The van der Waals surface area contributed by atoms with E-state index < -0.39 is 11.6 Å². The van der Waals surface area contributed by atoms with Crippen LogP contribution in [0.15, 0.2) is 46.1 Å². The van der Waals surface area contributed by atoms with Gasteiger partial charge < -0.3 is 24.3 Å². The van der Waals surface area contributed by atoms with Gasteiger partial charge in [-0.25, -0.2) is 9.59 Å². The number of rotatable bonds is 6. The highest BCUT2D eigenvalue weighted by Crippen LogP contribution is 2.47. The number of carbonyl (C=O) groups excluding carboxylic acids is 1. The molecule has 46 heavy (non-hydrogen) atoms. The topological polar surface area (TPSA) is 121 Å². The smallest absolute Gasteiger partial charge is 0.410 e. The first-order chi connectivity index (χ1) is 21.6. The normalized spacial score (nSPS) is 14.2. The van der Waals surface area contributed by atoms with Crippen LogP contribution in [-0.4, -0.2) is 63.9 Å². The van der Waals surface area contributed by atoms with Gasteiger partial charge in [-0.2, -0.15) is 0 Å². The molecule has 242 valence electrons. The Morgan fingerprint density at radius 3 is 2.26 bits per heavy atom. The van der Waals surface area contributed by atoms with E-state index in [4.69, 9.17) is 32.4 Å². The summed E-state index contributed by atoms with van der Waals surface area (Å²) in [7, 11) is 0. The molecule has 3 aliphatic rings. The fraction of sp³-hybridized carbons (Fsp3) is 0.343. The number of carbonyl (C=O) groups is 2. The number of ether oxygens (including phenoxy) is 1. The third-order valence-corrected chi connectivity index (χ3v) is 8.83. The van der Waals surface area contributed by atoms with Crippen molar-refractivity contribution in [1.29, 1.82) is 0 Å². The van der Waals surface area contributed by atoms with Crippen LogP contribution < -0.4 is 5.43 Å². The van der Waals surface area contributed by atoms with E-state index in [-0.39, 0.29) is 57.2 Å². The molecule has 0 saturated carbocycles. The summed E-state index contributed by atoms with van der Waals surface area (Å²) >= 11 is 12.7. The first kappa shape index (κ1) is 33.3. The molecule has 0 aromatic heterocycles. The minimum absolute atomic E-state index is 0.0171. The quantitative estimate of drug-likeness (QED) is 0.159. The summed E-state index contributed by atoms with van der Waals surface area (Å²) in [4.78, 5) is 42.3. The van der Waals surface area contributed by atoms with E-state index in [9.17, 15) is 24.6 Å². The summed E-state index contributed by atoms with van der Waals surface area (Å²) in [6, 6.07) is 6.25. The van der Waals surface area contributed by atoms with Gasteiger partial charge in [-0.3, -0.25) is 9.69 Å². The molecule has 1 amide bonds. The van der Waals surface area contributed by atoms with Crippen molar-refractivity contribution in [2.24, 2.45) is 0 Å². The average molecular weight is 668 g/mol. The van der Waals surface area contributed by atoms with Crippen molar-refractivity contribution in [1.82, 2.24) is 9.80 Å². The molecule has 1 fully saturated rings. The molecular formula is C35H36Cl2N2O7. The zero-order chi connectivity index (χ0) is 33.7. The summed E-state index contributed by atoms with van der Waals surface area (Å²) in [5.74, 6) is -0.930. The lowest BCUT2D eigenvalue weighted by atomic mass is 9.86. The third-order valence-electron chi connectivity index (χ3n) is 8.11. The second-order valence-corrected chi connectivity index (χ2v) is 13.4. The molecule has 0 atom stereocenters. The van der Waals surface area contributed by atoms with Gasteiger partial charge in [0, 0.05) is 54.8 Å². The van der Waals surface area contributed by atoms with Crippen LogP contribution in [0.25, 0.3) is 33.4 Å². The Balaban J connectivity index is 1.74. The molecule has 0 spiro atoms. The SMILES string of the molecule is C=CCc1c2oc3c(CN4CCN(C(=O)OC(C)(C)C)CC4)c(O)c(C)cc3c(-c3cc(Cl)c(Cl)cc3C(=O)O)c-2cc(C)c1=O. The van der Waals surface area contributed by atoms with E-state index in [1.54, 1.807) is 37.0 Å². The van der Waals surface area contributed by atoms with E-state index in [1.165, 1.54) is 12.1 Å². The number of nitrogens with zero attached hydrogens (tertiary/aromatic N) is 2. The zero-order valence-electron chi connectivity index (χ0n) is 26.4. The third kappa shape index (κ3) is 6.32. The molecule has 11 heteroatoms. The molecule has 9 nitrogen and oxygen atoms in total. The Morgan fingerprint density at radius 1 is 1.00 bits per heavy atom. The van der Waals surface area contributed by atoms with Crippen molar-refractivity contribution in [3.8, 4) is 28.2 Å². The number of aromatic hydroxyl groups is 1. The minimum atomic E-state index is -1.21. The molecule has 2 aromatic rings. The standard InChI is InChI=1S/C35H36Cl2N2O7/c1-7-8-20-29(40)18(2)13-23-28(21-15-26(36)27(37)16-22(21)33(42)43)24-14-19(3)30(41)25(32(24)45-31(20)23)17-38-9-11-39(12-10-38)34(44)46-35(4,5)6/h7,13-16,41H,1,8-12,17H2,2-6H3,(H,42,43). The maximum Gasteiger partial charge on any atom is 0.410 e. The summed E-state index contributed by atoms with van der Waals surface area (Å²) in [6.07, 6.45) is 1.43. The molecular weight excluding hydrogens is 631 g/mol. The van der Waals surface area contributed by atoms with Crippen LogP contribution in [-0.2, 0) is 17.7 Å². The van der Waals surface area contributed by atoms with Crippen molar-refractivity contribution < 1.29 is 29.0 Å². The number of carboxylic acids is 1. The lowest BCUT2D eigenvalue weighted by molar-refractivity contribution is 0.0138. The van der Waals surface area contributed by atoms with Gasteiger partial charge in [0.05, 0.1) is 21.2 Å². The fourth-order valence-electron chi connectivity index (χ4n) is 5.90. The number of halogens is 2. The van der Waals surface area contributed by atoms with Gasteiger partial charge in [0.2, 0.25) is 0 Å². The average Bonchev–Trinajstić information content (AvgIpc) is 2.98. The maximum absolute atomic E-state index is 13.4. The second-order valence-electron chi connectivity index (χ2n) is 12.6. The monoisotopic (exact) mass is 666 g/mol. The molecule has 0 unspecified atom stereocenters. The first-order valence-corrected chi connectivity index (χ1v) is 15.6. The van der Waals surface area contributed by atoms with Gasteiger partial charge in [0.1, 0.15) is 22.7 Å². The highest BCUT2D eigenvalue weighted by Gasteiger charge is 2.31. The maximum atomic E-state index is 13.4. The van der Waals surface area contributed by atoms with Crippen LogP contribution in [0.4, 0.5) is 4.79 Å². The Morgan fingerprint density at radius 2 is 1.65 bits per heavy atom. The number of fused-ring (bicyclic) bond motifs is 2. The summed E-state index contributed by atoms with van der Waals surface area (Å²) in [5.41, 5.74) is 2.53. The number of phenolic OH excluding ortho intramolecular Hbond substituents is 1. The van der Waals surface area contributed by atoms with Crippen LogP contribution in [0.1, 0.15) is 53.4 Å². The Bertz CT molecular complexity index is 1920. The van der Waals surface area contributed by atoms with E-state index in [0.29, 0.717) is 70.5 Å². The van der Waals surface area contributed by atoms with Crippen molar-refractivity contribution in [3.05, 3.63) is 85.0 Å². The Hall–Kier alpha value is -4.05. The summed E-state index contributed by atoms with van der Waals surface area (Å²) in [6.45, 7) is 14.9. The Labute approximate surface area is 276 Å². The number of amides is 1. The highest BCUT2D eigenvalue weighted by molar-refractivity contribution is 6.42. The number of hydrogen-bond donors (Lipinski definition) is 2. The van der Waals surface area contributed by atoms with Crippen molar-refractivity contribution >= 4 is 46.2 Å². The largest absolute Gasteiger partial charge is 0.507 e. The zero-order valence-corrected chi connectivity index (χ0v) is 27.9. The van der Waals surface area contributed by atoms with Crippen LogP contribution >= 0.6 is 23.2 Å². The Kier molecular flexibility index (Phi) is 9.14. The van der Waals surface area contributed by atoms with E-state index in [1.807, 2.05) is 20.8 Å². The van der Waals surface area contributed by atoms with Gasteiger partial charge in [-0.15, -0.1) is 6.58 Å². The van der Waals surface area contributed by atoms with Crippen LogP contribution in [0.3, 0.4) is 0 Å². The van der Waals surface area contributed by atoms with E-state index in [2.05, 4.69) is 11.5 Å². The van der Waals surface area contributed by atoms with Crippen LogP contribution in [0.5, 0.6) is 5.75 Å². The number of aryl methyl sites for hydroxylation is 2. The minimum Gasteiger partial charge on any atom is -0.507 e. The predicted molar refractivity (Wildman–Crippen MR) is 180 cm³/mol. The van der Waals surface area contributed by atoms with Crippen molar-refractivity contribution in [3.63, 3.8) is 0 Å². The molecule has 2 aromatic carbocycles. The molecule has 1 saturated heterocycles. The molecule has 2 heterocycles. The van der Waals surface area contributed by atoms with Crippen molar-refractivity contribution in [2.75, 3.05) is 26.2 Å². The number of carboxylic acid groups (broad SMARTS) is 1. The van der Waals surface area contributed by atoms with E-state index >= 15 is 0 Å². The summed E-state index contributed by atoms with van der Waals surface area (Å²) < 4.78 is 12.1. The second kappa shape index (κ2) is 12.6. The number of benzene rings is 3. The molecule has 1 aliphatic carbocycles. The first-order valence-electron chi connectivity index (χ1n) is 14.9. The number of phenols is 1. The number of aromatic carboxylic acids is 1. The van der Waals surface area contributed by atoms with Gasteiger partial charge in [0.15, 0.2) is 5.43 Å². The molecule has 0 bridgehead atoms. The lowest BCUT2D eigenvalue weighted by Crippen LogP contribution is -2.49. The molecule has 0 radical (unpaired) electrons. The molecule has 2 aliphatic heterocycles. The number of allylic oxidation sites excluding steroid dienone is 1. The van der Waals surface area contributed by atoms with Gasteiger partial charge in [-0.1, -0.05) is 29.3 Å². The van der Waals surface area contributed by atoms with Crippen LogP contribution in [0.2, 0.25) is 10.0 Å². The van der Waals surface area contributed by atoms with Crippen LogP contribution in [0, 0.1) is 13.8 Å². The highest BCUT2D eigenvalue weighted by atomic mass is 35.5. The molecule has 5 rings (SSSR count). The van der Waals surface area contributed by atoms with Gasteiger partial charge in [-0.05, 0) is 82.0 Å².